The van der Waals surface area contributed by atoms with Gasteiger partial charge in [0.15, 0.2) is 0 Å². The Bertz CT molecular complexity index is 448. The summed E-state index contributed by atoms with van der Waals surface area (Å²) >= 11 is 0. The molecule has 6 heteroatoms. The number of rotatable bonds is 8. The number of carboxylic acids is 1. The lowest BCUT2D eigenvalue weighted by Gasteiger charge is -2.25. The quantitative estimate of drug-likeness (QED) is 0.531. The Morgan fingerprint density at radius 3 is 1.71 bits per heavy atom. The molecule has 3 atom stereocenters. The standard InChI is InChI=1S/C9H21NO3.C9H8O2/c1-7(11)4-10(5-8(2)12)6-9(3)13;10-9(11)7-6-8-4-2-1-3-5-8/h7-9,11-13H,4-6H2,1-3H3;1-7H,(H,10,11)/b;7-6+. The molecule has 24 heavy (non-hydrogen) atoms. The van der Waals surface area contributed by atoms with E-state index in [0.717, 1.165) is 11.6 Å². The maximum absolute atomic E-state index is 10.1. The fraction of sp³-hybridized carbons (Fsp3) is 0.500. The van der Waals surface area contributed by atoms with Gasteiger partial charge in [-0.05, 0) is 32.4 Å². The van der Waals surface area contributed by atoms with Crippen LogP contribution in [0.2, 0.25) is 0 Å². The molecule has 136 valence electrons. The molecule has 0 bridgehead atoms. The van der Waals surface area contributed by atoms with Gasteiger partial charge in [0.25, 0.3) is 0 Å². The van der Waals surface area contributed by atoms with Crippen LogP contribution in [0.25, 0.3) is 6.08 Å². The van der Waals surface area contributed by atoms with Gasteiger partial charge in [-0.25, -0.2) is 4.79 Å². The molecule has 0 heterocycles. The lowest BCUT2D eigenvalue weighted by atomic mass is 10.2. The molecule has 1 aromatic rings. The molecule has 0 saturated heterocycles. The van der Waals surface area contributed by atoms with Gasteiger partial charge in [-0.15, -0.1) is 0 Å². The molecule has 0 aliphatic carbocycles. The number of hydrogen-bond donors (Lipinski definition) is 4. The van der Waals surface area contributed by atoms with Gasteiger partial charge in [0.1, 0.15) is 0 Å². The van der Waals surface area contributed by atoms with Crippen LogP contribution in [-0.4, -0.2) is 69.2 Å². The van der Waals surface area contributed by atoms with Crippen molar-refractivity contribution >= 4 is 12.0 Å². The predicted molar refractivity (Wildman–Crippen MR) is 94.6 cm³/mol. The fourth-order valence-electron chi connectivity index (χ4n) is 2.08. The van der Waals surface area contributed by atoms with Crippen LogP contribution in [0.5, 0.6) is 0 Å². The molecule has 0 saturated carbocycles. The zero-order chi connectivity index (χ0) is 18.5. The van der Waals surface area contributed by atoms with Crippen LogP contribution in [0, 0.1) is 0 Å². The highest BCUT2D eigenvalue weighted by Gasteiger charge is 2.12. The second-order valence-corrected chi connectivity index (χ2v) is 5.85. The second kappa shape index (κ2) is 12.7. The summed E-state index contributed by atoms with van der Waals surface area (Å²) in [5.41, 5.74) is 0.898. The summed E-state index contributed by atoms with van der Waals surface area (Å²) in [6.07, 6.45) is 1.38. The van der Waals surface area contributed by atoms with Gasteiger partial charge in [0.2, 0.25) is 0 Å². The first kappa shape index (κ1) is 22.3. The van der Waals surface area contributed by atoms with Crippen LogP contribution < -0.4 is 0 Å². The molecule has 0 amide bonds. The lowest BCUT2D eigenvalue weighted by molar-refractivity contribution is -0.131. The summed E-state index contributed by atoms with van der Waals surface area (Å²) < 4.78 is 0. The molecule has 1 aromatic carbocycles. The first-order chi connectivity index (χ1) is 11.2. The summed E-state index contributed by atoms with van der Waals surface area (Å²) in [4.78, 5) is 11.9. The summed E-state index contributed by atoms with van der Waals surface area (Å²) in [5, 5.41) is 35.7. The lowest BCUT2D eigenvalue weighted by Crippen LogP contribution is -2.40. The summed E-state index contributed by atoms with van der Waals surface area (Å²) in [5.74, 6) is -0.922. The van der Waals surface area contributed by atoms with E-state index in [4.69, 9.17) is 20.4 Å². The molecule has 4 N–H and O–H groups in total. The Labute approximate surface area is 143 Å². The number of hydrogen-bond acceptors (Lipinski definition) is 5. The van der Waals surface area contributed by atoms with Crippen LogP contribution in [0.3, 0.4) is 0 Å². The van der Waals surface area contributed by atoms with Gasteiger partial charge < -0.3 is 20.4 Å². The van der Waals surface area contributed by atoms with Gasteiger partial charge in [0, 0.05) is 25.7 Å². The zero-order valence-electron chi connectivity index (χ0n) is 14.5. The molecule has 0 spiro atoms. The number of nitrogens with zero attached hydrogens (tertiary/aromatic N) is 1. The molecule has 6 nitrogen and oxygen atoms in total. The van der Waals surface area contributed by atoms with Crippen molar-refractivity contribution in [3.8, 4) is 0 Å². The minimum absolute atomic E-state index is 0.433. The van der Waals surface area contributed by atoms with Crippen molar-refractivity contribution in [3.63, 3.8) is 0 Å². The minimum atomic E-state index is -0.922. The van der Waals surface area contributed by atoms with E-state index in [2.05, 4.69) is 0 Å². The molecule has 0 radical (unpaired) electrons. The minimum Gasteiger partial charge on any atom is -0.478 e. The molecule has 0 fully saturated rings. The van der Waals surface area contributed by atoms with Gasteiger partial charge in [-0.2, -0.15) is 0 Å². The van der Waals surface area contributed by atoms with E-state index in [0.29, 0.717) is 19.6 Å². The molecule has 1 rings (SSSR count). The highest BCUT2D eigenvalue weighted by atomic mass is 16.4. The molecular weight excluding hydrogens is 310 g/mol. The van der Waals surface area contributed by atoms with E-state index in [1.165, 1.54) is 0 Å². The van der Waals surface area contributed by atoms with Gasteiger partial charge in [-0.3, -0.25) is 4.90 Å². The van der Waals surface area contributed by atoms with Crippen LogP contribution in [0.1, 0.15) is 26.3 Å². The highest BCUT2D eigenvalue weighted by Crippen LogP contribution is 2.00. The smallest absolute Gasteiger partial charge is 0.328 e. The van der Waals surface area contributed by atoms with E-state index in [1.54, 1.807) is 26.8 Å². The van der Waals surface area contributed by atoms with Crippen LogP contribution >= 0.6 is 0 Å². The number of benzene rings is 1. The number of carbonyl (C=O) groups is 1. The average Bonchev–Trinajstić information content (AvgIpc) is 2.44. The maximum Gasteiger partial charge on any atom is 0.328 e. The monoisotopic (exact) mass is 339 g/mol. The Hall–Kier alpha value is -1.73. The van der Waals surface area contributed by atoms with Crippen molar-refractivity contribution in [2.45, 2.75) is 39.1 Å². The Kier molecular flexibility index (Phi) is 11.8. The second-order valence-electron chi connectivity index (χ2n) is 5.85. The molecular formula is C18H29NO5. The normalized spacial score (nSPS) is 14.8. The van der Waals surface area contributed by atoms with Crippen LogP contribution in [-0.2, 0) is 4.79 Å². The predicted octanol–water partition coefficient (Wildman–Crippen LogP) is 1.22. The van der Waals surface area contributed by atoms with E-state index < -0.39 is 24.3 Å². The topological polar surface area (TPSA) is 101 Å². The van der Waals surface area contributed by atoms with E-state index >= 15 is 0 Å². The molecule has 0 aliphatic heterocycles. The highest BCUT2D eigenvalue weighted by molar-refractivity contribution is 5.85. The van der Waals surface area contributed by atoms with Gasteiger partial charge in [-0.1, -0.05) is 30.3 Å². The van der Waals surface area contributed by atoms with Gasteiger partial charge >= 0.3 is 5.97 Å². The van der Waals surface area contributed by atoms with Crippen LogP contribution in [0.4, 0.5) is 0 Å². The summed E-state index contributed by atoms with van der Waals surface area (Å²) in [7, 11) is 0. The van der Waals surface area contributed by atoms with E-state index in [9.17, 15) is 4.79 Å². The molecule has 3 unspecified atom stereocenters. The molecule has 0 aliphatic rings. The number of carboxylic acid groups (broad SMARTS) is 1. The summed E-state index contributed by atoms with van der Waals surface area (Å²) in [6.45, 7) is 6.52. The van der Waals surface area contributed by atoms with Crippen molar-refractivity contribution < 1.29 is 25.2 Å². The van der Waals surface area contributed by atoms with Crippen molar-refractivity contribution in [1.82, 2.24) is 4.90 Å². The molecule has 0 aromatic heterocycles. The largest absolute Gasteiger partial charge is 0.478 e. The first-order valence-electron chi connectivity index (χ1n) is 7.93. The third-order valence-electron chi connectivity index (χ3n) is 2.79. The Morgan fingerprint density at radius 2 is 1.38 bits per heavy atom. The number of aliphatic hydroxyl groups excluding tert-OH is 3. The number of aliphatic hydroxyl groups is 3. The Balaban J connectivity index is 0.000000446. The Morgan fingerprint density at radius 1 is 0.958 bits per heavy atom. The average molecular weight is 339 g/mol. The number of aliphatic carboxylic acids is 1. The van der Waals surface area contributed by atoms with Crippen molar-refractivity contribution in [1.29, 1.82) is 0 Å². The first-order valence-corrected chi connectivity index (χ1v) is 7.93. The van der Waals surface area contributed by atoms with Crippen molar-refractivity contribution in [2.75, 3.05) is 19.6 Å². The van der Waals surface area contributed by atoms with Gasteiger partial charge in [0.05, 0.1) is 18.3 Å². The van der Waals surface area contributed by atoms with Crippen molar-refractivity contribution in [2.24, 2.45) is 0 Å². The zero-order valence-corrected chi connectivity index (χ0v) is 14.5. The fourth-order valence-corrected chi connectivity index (χ4v) is 2.08. The van der Waals surface area contributed by atoms with E-state index in [-0.39, 0.29) is 0 Å². The van der Waals surface area contributed by atoms with Crippen LogP contribution in [0.15, 0.2) is 36.4 Å². The SMILES string of the molecule is CC(O)CN(CC(C)O)CC(C)O.O=C(O)/C=C/c1ccccc1. The third kappa shape index (κ3) is 13.9. The summed E-state index contributed by atoms with van der Waals surface area (Å²) in [6, 6.07) is 9.31. The maximum atomic E-state index is 10.1. The van der Waals surface area contributed by atoms with E-state index in [1.807, 2.05) is 35.2 Å². The van der Waals surface area contributed by atoms with Crippen molar-refractivity contribution in [3.05, 3.63) is 42.0 Å². The third-order valence-corrected chi connectivity index (χ3v) is 2.79.